The number of hydrogen-bond acceptors (Lipinski definition) is 3. The highest BCUT2D eigenvalue weighted by atomic mass is 35.5. The second kappa shape index (κ2) is 10.2. The molecule has 1 aromatic heterocycles. The van der Waals surface area contributed by atoms with Crippen LogP contribution in [0.5, 0.6) is 0 Å². The number of alkyl halides is 3. The lowest BCUT2D eigenvalue weighted by atomic mass is 9.89. The summed E-state index contributed by atoms with van der Waals surface area (Å²) in [5.41, 5.74) is 1.54. The number of carbonyl (C=O) groups excluding carboxylic acids is 1. The first-order chi connectivity index (χ1) is 16.3. The number of likely N-dealkylation sites (N-methyl/N-ethyl adjacent to an activating group) is 1. The Bertz CT molecular complexity index is 1150. The number of piperidine rings is 1. The van der Waals surface area contributed by atoms with Crippen molar-refractivity contribution >= 4 is 17.5 Å². The molecule has 0 aliphatic carbocycles. The molecule has 34 heavy (non-hydrogen) atoms. The number of carbonyl (C=O) groups is 1. The summed E-state index contributed by atoms with van der Waals surface area (Å²) in [5.74, 6) is -0.633. The number of nitrogens with zero attached hydrogens (tertiary/aromatic N) is 2. The fourth-order valence-corrected chi connectivity index (χ4v) is 4.83. The van der Waals surface area contributed by atoms with E-state index in [0.717, 1.165) is 48.6 Å². The van der Waals surface area contributed by atoms with Gasteiger partial charge in [-0.1, -0.05) is 48.4 Å². The molecule has 1 aliphatic rings. The molecule has 1 N–H and O–H groups in total. The number of pyridine rings is 1. The van der Waals surface area contributed by atoms with E-state index >= 15 is 0 Å². The molecule has 2 aromatic carbocycles. The van der Waals surface area contributed by atoms with Gasteiger partial charge in [-0.15, -0.1) is 0 Å². The summed E-state index contributed by atoms with van der Waals surface area (Å²) in [4.78, 5) is 19.6. The molecule has 1 saturated heterocycles. The first-order valence-corrected chi connectivity index (χ1v) is 11.5. The molecule has 0 bridgehead atoms. The highest BCUT2D eigenvalue weighted by molar-refractivity contribution is 6.34. The molecule has 2 heterocycles. The Balaban J connectivity index is 1.71. The van der Waals surface area contributed by atoms with Crippen molar-refractivity contribution in [2.75, 3.05) is 13.6 Å². The van der Waals surface area contributed by atoms with E-state index in [1.807, 2.05) is 43.4 Å². The average molecular weight is 488 g/mol. The van der Waals surface area contributed by atoms with Crippen LogP contribution >= 0.6 is 11.6 Å². The van der Waals surface area contributed by atoms with E-state index in [9.17, 15) is 18.0 Å². The SMILES string of the molecule is CN1CCCC[C@H]1C(NC(=O)c1cccc(C(F)(F)F)c1Cl)c1cccc(-c2cccnc2)c1. The van der Waals surface area contributed by atoms with Crippen molar-refractivity contribution in [1.82, 2.24) is 15.2 Å². The number of halogens is 4. The minimum atomic E-state index is -4.64. The van der Waals surface area contributed by atoms with Crippen molar-refractivity contribution in [1.29, 1.82) is 0 Å². The van der Waals surface area contributed by atoms with Crippen LogP contribution in [0.2, 0.25) is 5.02 Å². The fourth-order valence-electron chi connectivity index (χ4n) is 4.51. The summed E-state index contributed by atoms with van der Waals surface area (Å²) >= 11 is 6.04. The van der Waals surface area contributed by atoms with Crippen molar-refractivity contribution in [3.63, 3.8) is 0 Å². The summed E-state index contributed by atoms with van der Waals surface area (Å²) in [6.45, 7) is 0.879. The van der Waals surface area contributed by atoms with Crippen LogP contribution in [0.4, 0.5) is 13.2 Å². The Morgan fingerprint density at radius 2 is 1.88 bits per heavy atom. The van der Waals surface area contributed by atoms with Crippen LogP contribution in [0.25, 0.3) is 11.1 Å². The number of likely N-dealkylation sites (tertiary alicyclic amines) is 1. The molecule has 4 nitrogen and oxygen atoms in total. The second-order valence-electron chi connectivity index (χ2n) is 8.53. The van der Waals surface area contributed by atoms with Crippen LogP contribution in [-0.4, -0.2) is 35.4 Å². The molecule has 1 aliphatic heterocycles. The van der Waals surface area contributed by atoms with Crippen LogP contribution in [0.3, 0.4) is 0 Å². The van der Waals surface area contributed by atoms with Gasteiger partial charge < -0.3 is 10.2 Å². The molecule has 4 rings (SSSR count). The Hall–Kier alpha value is -2.90. The van der Waals surface area contributed by atoms with Crippen LogP contribution < -0.4 is 5.32 Å². The molecular formula is C26H25ClF3N3O. The number of amides is 1. The number of nitrogens with one attached hydrogen (secondary N) is 1. The minimum absolute atomic E-state index is 0.00794. The maximum absolute atomic E-state index is 13.3. The van der Waals surface area contributed by atoms with Gasteiger partial charge in [-0.2, -0.15) is 13.2 Å². The van der Waals surface area contributed by atoms with Gasteiger partial charge in [0.1, 0.15) is 0 Å². The highest BCUT2D eigenvalue weighted by Crippen LogP contribution is 2.37. The first-order valence-electron chi connectivity index (χ1n) is 11.1. The van der Waals surface area contributed by atoms with Gasteiger partial charge in [-0.25, -0.2) is 0 Å². The molecule has 178 valence electrons. The number of rotatable bonds is 5. The fraction of sp³-hybridized carbons (Fsp3) is 0.308. The van der Waals surface area contributed by atoms with Crippen LogP contribution in [0, 0.1) is 0 Å². The summed E-state index contributed by atoms with van der Waals surface area (Å²) in [7, 11) is 2.01. The first kappa shape index (κ1) is 24.2. The van der Waals surface area contributed by atoms with Gasteiger partial charge in [0, 0.05) is 18.4 Å². The summed E-state index contributed by atoms with van der Waals surface area (Å²) < 4.78 is 40.0. The zero-order valence-electron chi connectivity index (χ0n) is 18.6. The molecule has 1 fully saturated rings. The van der Waals surface area contributed by atoms with Crippen molar-refractivity contribution in [2.24, 2.45) is 0 Å². The van der Waals surface area contributed by atoms with E-state index in [4.69, 9.17) is 11.6 Å². The molecule has 0 radical (unpaired) electrons. The third-order valence-corrected chi connectivity index (χ3v) is 6.69. The lowest BCUT2D eigenvalue weighted by Crippen LogP contribution is -2.47. The summed E-state index contributed by atoms with van der Waals surface area (Å²) in [6, 6.07) is 14.6. The van der Waals surface area contributed by atoms with Gasteiger partial charge in [0.15, 0.2) is 0 Å². The van der Waals surface area contributed by atoms with Crippen LogP contribution in [-0.2, 0) is 6.18 Å². The van der Waals surface area contributed by atoms with Gasteiger partial charge in [-0.05, 0) is 67.4 Å². The number of aromatic nitrogens is 1. The van der Waals surface area contributed by atoms with E-state index in [0.29, 0.717) is 0 Å². The smallest absolute Gasteiger partial charge is 0.344 e. The number of benzene rings is 2. The van der Waals surface area contributed by atoms with Gasteiger partial charge in [0.05, 0.1) is 22.2 Å². The third-order valence-electron chi connectivity index (χ3n) is 6.29. The topological polar surface area (TPSA) is 45.2 Å². The Labute approximate surface area is 201 Å². The quantitative estimate of drug-likeness (QED) is 0.454. The van der Waals surface area contributed by atoms with Gasteiger partial charge >= 0.3 is 6.18 Å². The zero-order valence-corrected chi connectivity index (χ0v) is 19.4. The molecule has 1 unspecified atom stereocenters. The zero-order chi connectivity index (χ0) is 24.3. The Kier molecular flexibility index (Phi) is 7.24. The third kappa shape index (κ3) is 5.26. The molecule has 1 amide bonds. The lowest BCUT2D eigenvalue weighted by molar-refractivity contribution is -0.137. The van der Waals surface area contributed by atoms with E-state index in [2.05, 4.69) is 15.2 Å². The molecule has 3 aromatic rings. The van der Waals surface area contributed by atoms with Gasteiger partial charge in [-0.3, -0.25) is 9.78 Å². The predicted molar refractivity (Wildman–Crippen MR) is 127 cm³/mol. The molecule has 0 spiro atoms. The van der Waals surface area contributed by atoms with E-state index in [-0.39, 0.29) is 11.6 Å². The van der Waals surface area contributed by atoms with Crippen LogP contribution in [0.1, 0.15) is 46.8 Å². The van der Waals surface area contributed by atoms with Crippen molar-refractivity contribution in [3.8, 4) is 11.1 Å². The predicted octanol–water partition coefficient (Wildman–Crippen LogP) is 6.38. The van der Waals surface area contributed by atoms with E-state index in [1.54, 1.807) is 12.4 Å². The standard InChI is InChI=1S/C26H25ClF3N3O/c1-33-14-3-2-12-22(33)24(18-8-4-7-17(15-18)19-9-6-13-31-16-19)32-25(34)20-10-5-11-21(23(20)27)26(28,29)30/h4-11,13,15-16,22,24H,2-3,12,14H2,1H3,(H,32,34)/t22-,24?/m0/s1. The molecule has 0 saturated carbocycles. The maximum atomic E-state index is 13.3. The summed E-state index contributed by atoms with van der Waals surface area (Å²) in [6.07, 6.45) is 1.74. The molecule has 2 atom stereocenters. The molecular weight excluding hydrogens is 463 g/mol. The Morgan fingerprint density at radius 3 is 2.59 bits per heavy atom. The van der Waals surface area contributed by atoms with Gasteiger partial charge in [0.2, 0.25) is 0 Å². The van der Waals surface area contributed by atoms with Crippen molar-refractivity contribution in [2.45, 2.75) is 37.5 Å². The average Bonchev–Trinajstić information content (AvgIpc) is 2.83. The van der Waals surface area contributed by atoms with Crippen molar-refractivity contribution in [3.05, 3.63) is 88.7 Å². The lowest BCUT2D eigenvalue weighted by Gasteiger charge is -2.39. The van der Waals surface area contributed by atoms with Crippen molar-refractivity contribution < 1.29 is 18.0 Å². The van der Waals surface area contributed by atoms with E-state index < -0.39 is 28.7 Å². The van der Waals surface area contributed by atoms with Gasteiger partial charge in [0.25, 0.3) is 5.91 Å². The largest absolute Gasteiger partial charge is 0.417 e. The summed E-state index contributed by atoms with van der Waals surface area (Å²) in [5, 5.41) is 2.41. The highest BCUT2D eigenvalue weighted by Gasteiger charge is 2.36. The Morgan fingerprint density at radius 1 is 1.12 bits per heavy atom. The monoisotopic (exact) mass is 487 g/mol. The normalized spacial score (nSPS) is 17.9. The molecule has 8 heteroatoms. The maximum Gasteiger partial charge on any atom is 0.417 e. The minimum Gasteiger partial charge on any atom is -0.344 e. The van der Waals surface area contributed by atoms with E-state index in [1.165, 1.54) is 12.1 Å². The second-order valence-corrected chi connectivity index (χ2v) is 8.90. The number of hydrogen-bond donors (Lipinski definition) is 1. The van der Waals surface area contributed by atoms with Crippen LogP contribution in [0.15, 0.2) is 67.0 Å².